The zero-order chi connectivity index (χ0) is 14.0. The van der Waals surface area contributed by atoms with Crippen molar-refractivity contribution in [2.24, 2.45) is 11.5 Å². The zero-order valence-electron chi connectivity index (χ0n) is 9.98. The zero-order valence-corrected chi connectivity index (χ0v) is 12.4. The van der Waals surface area contributed by atoms with E-state index in [1.54, 1.807) is 4.67 Å². The Morgan fingerprint density at radius 2 is 1.83 bits per heavy atom. The predicted octanol–water partition coefficient (Wildman–Crippen LogP) is 0.908. The van der Waals surface area contributed by atoms with Gasteiger partial charge in [-0.05, 0) is 6.42 Å². The van der Waals surface area contributed by atoms with E-state index in [-0.39, 0.29) is 0 Å². The Morgan fingerprint density at radius 1 is 1.33 bits per heavy atom. The summed E-state index contributed by atoms with van der Waals surface area (Å²) in [5.41, 5.74) is 8.50. The van der Waals surface area contributed by atoms with E-state index in [1.165, 1.54) is 0 Å². The molecule has 0 aromatic carbocycles. The molecule has 0 bridgehead atoms. The third kappa shape index (κ3) is 7.41. The van der Waals surface area contributed by atoms with Crippen LogP contribution in [0, 0.1) is 0 Å². The summed E-state index contributed by atoms with van der Waals surface area (Å²) in [6.07, 6.45) is 0.888. The molecule has 1 atom stereocenters. The Kier molecular flexibility index (Phi) is 9.81. The number of rotatable bonds is 5. The second kappa shape index (κ2) is 9.83. The van der Waals surface area contributed by atoms with E-state index < -0.39 is 13.7 Å². The largest absolute Gasteiger partial charge is 0.352 e. The highest BCUT2D eigenvalue weighted by atomic mass is 35.5. The lowest BCUT2D eigenvalue weighted by Gasteiger charge is -2.33. The van der Waals surface area contributed by atoms with Crippen LogP contribution < -0.4 is 16.6 Å². The van der Waals surface area contributed by atoms with Crippen LogP contribution in [0.4, 0.5) is 4.79 Å². The second-order valence-electron chi connectivity index (χ2n) is 3.35. The number of carbonyl (C=O) groups is 1. The highest BCUT2D eigenvalue weighted by molar-refractivity contribution is 7.54. The molecule has 0 aromatic heterocycles. The monoisotopic (exact) mass is 320 g/mol. The van der Waals surface area contributed by atoms with Crippen molar-refractivity contribution in [2.75, 3.05) is 38.0 Å². The third-order valence-corrected chi connectivity index (χ3v) is 4.60. The van der Waals surface area contributed by atoms with Gasteiger partial charge in [-0.15, -0.1) is 23.2 Å². The average Bonchev–Trinajstić information content (AvgIpc) is 2.29. The Labute approximate surface area is 117 Å². The van der Waals surface area contributed by atoms with E-state index in [0.29, 0.717) is 31.5 Å². The van der Waals surface area contributed by atoms with Crippen LogP contribution in [0.5, 0.6) is 0 Å². The maximum atomic E-state index is 12.2. The first-order valence-corrected chi connectivity index (χ1v) is 8.03. The maximum absolute atomic E-state index is 12.2. The normalized spacial score (nSPS) is 23.3. The lowest BCUT2D eigenvalue weighted by Crippen LogP contribution is -2.35. The summed E-state index contributed by atoms with van der Waals surface area (Å²) in [7, 11) is -2.84. The first-order chi connectivity index (χ1) is 8.46. The summed E-state index contributed by atoms with van der Waals surface area (Å²) in [6, 6.07) is -0.833. The molecule has 1 aliphatic rings. The predicted molar refractivity (Wildman–Crippen MR) is 73.0 cm³/mol. The van der Waals surface area contributed by atoms with Crippen LogP contribution in [0.25, 0.3) is 0 Å². The molecule has 1 unspecified atom stereocenters. The highest BCUT2D eigenvalue weighted by Crippen LogP contribution is 2.47. The van der Waals surface area contributed by atoms with Crippen molar-refractivity contribution < 1.29 is 13.9 Å². The number of nitrogens with one attached hydrogen (secondary N) is 1. The molecule has 1 aliphatic heterocycles. The molecular weight excluding hydrogens is 302 g/mol. The summed E-state index contributed by atoms with van der Waals surface area (Å²) in [4.78, 5) is 9.00. The van der Waals surface area contributed by atoms with E-state index in [9.17, 15) is 4.57 Å². The molecule has 0 aliphatic carbocycles. The van der Waals surface area contributed by atoms with Gasteiger partial charge in [0.1, 0.15) is 0 Å². The van der Waals surface area contributed by atoms with Gasteiger partial charge in [-0.25, -0.2) is 14.6 Å². The molecule has 0 radical (unpaired) electrons. The Hall–Kier alpha value is -0.0400. The SMILES string of the molecule is NC(N)=O.O=P1(N(CCCl)CCCl)NCCCO1. The fourth-order valence-corrected chi connectivity index (χ4v) is 3.92. The third-order valence-electron chi connectivity index (χ3n) is 1.96. The number of halogens is 2. The van der Waals surface area contributed by atoms with Gasteiger partial charge in [0.2, 0.25) is 0 Å². The molecule has 0 spiro atoms. The van der Waals surface area contributed by atoms with Gasteiger partial charge in [0, 0.05) is 31.4 Å². The van der Waals surface area contributed by atoms with Gasteiger partial charge in [0.05, 0.1) is 6.61 Å². The smallest absolute Gasteiger partial charge is 0.343 e. The van der Waals surface area contributed by atoms with Crippen molar-refractivity contribution in [1.82, 2.24) is 9.76 Å². The average molecular weight is 321 g/mol. The number of urea groups is 1. The number of primary amides is 2. The minimum absolute atomic E-state index is 0.423. The van der Waals surface area contributed by atoms with Crippen LogP contribution in [0.1, 0.15) is 6.42 Å². The number of hydrogen-bond donors (Lipinski definition) is 3. The molecule has 0 saturated carbocycles. The van der Waals surface area contributed by atoms with E-state index in [2.05, 4.69) is 16.6 Å². The van der Waals surface area contributed by atoms with Crippen molar-refractivity contribution in [1.29, 1.82) is 0 Å². The van der Waals surface area contributed by atoms with Crippen LogP contribution >= 0.6 is 30.9 Å². The number of hydrogen-bond acceptors (Lipinski definition) is 3. The Balaban J connectivity index is 0.000000631. The van der Waals surface area contributed by atoms with E-state index in [4.69, 9.17) is 32.5 Å². The Morgan fingerprint density at radius 3 is 2.17 bits per heavy atom. The number of amides is 2. The van der Waals surface area contributed by atoms with Crippen molar-refractivity contribution in [3.8, 4) is 0 Å². The summed E-state index contributed by atoms with van der Waals surface area (Å²) in [5, 5.41) is 2.91. The van der Waals surface area contributed by atoms with Gasteiger partial charge in [0.25, 0.3) is 0 Å². The van der Waals surface area contributed by atoms with Gasteiger partial charge < -0.3 is 16.0 Å². The standard InChI is InChI=1S/C7H15Cl2N2O2P.CH4N2O/c8-2-5-11(6-3-9)14(12)10-4-1-7-13-14;2-1(3)4/h1-7H2,(H,10,12);(H4,2,3,4). The molecule has 1 saturated heterocycles. The molecule has 18 heavy (non-hydrogen) atoms. The minimum atomic E-state index is -2.84. The van der Waals surface area contributed by atoms with Crippen LogP contribution in [0.15, 0.2) is 0 Å². The summed E-state index contributed by atoms with van der Waals surface area (Å²) < 4.78 is 19.2. The van der Waals surface area contributed by atoms with Crippen LogP contribution in [-0.2, 0) is 9.09 Å². The van der Waals surface area contributed by atoms with Gasteiger partial charge in [0.15, 0.2) is 0 Å². The number of nitrogens with zero attached hydrogens (tertiary/aromatic N) is 1. The van der Waals surface area contributed by atoms with Crippen LogP contribution in [-0.4, -0.2) is 48.7 Å². The maximum Gasteiger partial charge on any atom is 0.343 e. The van der Waals surface area contributed by atoms with Crippen molar-refractivity contribution in [3.63, 3.8) is 0 Å². The molecule has 1 fully saturated rings. The van der Waals surface area contributed by atoms with Gasteiger partial charge in [-0.2, -0.15) is 0 Å². The molecule has 7 nitrogen and oxygen atoms in total. The molecular formula is C8H19Cl2N4O3P. The lowest BCUT2D eigenvalue weighted by atomic mass is 10.5. The molecule has 108 valence electrons. The number of carbonyl (C=O) groups excluding carboxylic acids is 1. The molecule has 1 rings (SSSR count). The number of nitrogens with two attached hydrogens (primary N) is 2. The molecule has 1 heterocycles. The fourth-order valence-electron chi connectivity index (χ4n) is 1.28. The first kappa shape index (κ1) is 18.0. The van der Waals surface area contributed by atoms with E-state index in [1.807, 2.05) is 0 Å². The Bertz CT molecular complexity index is 276. The molecule has 5 N–H and O–H groups in total. The second-order valence-corrected chi connectivity index (χ2v) is 6.29. The summed E-state index contributed by atoms with van der Waals surface area (Å²) >= 11 is 11.2. The summed E-state index contributed by atoms with van der Waals surface area (Å²) in [5.74, 6) is 0.845. The quantitative estimate of drug-likeness (QED) is 0.515. The fraction of sp³-hybridized carbons (Fsp3) is 0.875. The van der Waals surface area contributed by atoms with Crippen LogP contribution in [0.3, 0.4) is 0 Å². The van der Waals surface area contributed by atoms with Gasteiger partial charge >= 0.3 is 13.7 Å². The topological polar surface area (TPSA) is 111 Å². The van der Waals surface area contributed by atoms with E-state index in [0.717, 1.165) is 13.0 Å². The van der Waals surface area contributed by atoms with Gasteiger partial charge in [-0.3, -0.25) is 4.57 Å². The van der Waals surface area contributed by atoms with E-state index >= 15 is 0 Å². The minimum Gasteiger partial charge on any atom is -0.352 e. The van der Waals surface area contributed by atoms with Gasteiger partial charge in [-0.1, -0.05) is 0 Å². The van der Waals surface area contributed by atoms with Crippen molar-refractivity contribution >= 4 is 36.9 Å². The lowest BCUT2D eigenvalue weighted by molar-refractivity contribution is 0.233. The number of alkyl halides is 2. The first-order valence-electron chi connectivity index (χ1n) is 5.38. The molecule has 10 heteroatoms. The van der Waals surface area contributed by atoms with Crippen molar-refractivity contribution in [3.05, 3.63) is 0 Å². The summed E-state index contributed by atoms with van der Waals surface area (Å²) in [6.45, 7) is 2.31. The van der Waals surface area contributed by atoms with Crippen molar-refractivity contribution in [2.45, 2.75) is 6.42 Å². The molecule has 2 amide bonds. The highest BCUT2D eigenvalue weighted by Gasteiger charge is 2.32. The van der Waals surface area contributed by atoms with Crippen LogP contribution in [0.2, 0.25) is 0 Å². The molecule has 0 aromatic rings.